The van der Waals surface area contributed by atoms with Gasteiger partial charge in [-0.25, -0.2) is 9.97 Å². The maximum Gasteiger partial charge on any atom is 0.236 e. The molecule has 11 nitrogen and oxygen atoms in total. The molecule has 0 fully saturated rings. The molecule has 0 saturated carbocycles. The fraction of sp³-hybridized carbons (Fsp3) is 0.417. The van der Waals surface area contributed by atoms with Crippen LogP contribution in [0.4, 0.5) is 11.5 Å². The van der Waals surface area contributed by atoms with Gasteiger partial charge in [0.25, 0.3) is 0 Å². The van der Waals surface area contributed by atoms with Crippen LogP contribution in [0.5, 0.6) is 17.4 Å². The number of anilines is 1. The Labute approximate surface area is 203 Å². The maximum absolute atomic E-state index is 12.7. The van der Waals surface area contributed by atoms with E-state index in [2.05, 4.69) is 25.3 Å². The van der Waals surface area contributed by atoms with Crippen LogP contribution in [0.1, 0.15) is 24.0 Å². The molecule has 0 saturated heterocycles. The summed E-state index contributed by atoms with van der Waals surface area (Å²) in [7, 11) is 6.86. The molecule has 1 amide bonds. The number of amides is 1. The van der Waals surface area contributed by atoms with Crippen LogP contribution in [-0.2, 0) is 11.3 Å². The van der Waals surface area contributed by atoms with E-state index in [1.807, 2.05) is 25.1 Å². The molecule has 2 aromatic heterocycles. The van der Waals surface area contributed by atoms with Gasteiger partial charge in [-0.1, -0.05) is 0 Å². The summed E-state index contributed by atoms with van der Waals surface area (Å²) < 4.78 is 11.2. The molecular formula is C24H31N7O4. The molecule has 3 N–H and O–H groups in total. The summed E-state index contributed by atoms with van der Waals surface area (Å²) in [6, 6.07) is 3.64. The van der Waals surface area contributed by atoms with E-state index in [0.29, 0.717) is 59.2 Å². The van der Waals surface area contributed by atoms with Crippen molar-refractivity contribution in [2.24, 2.45) is 4.99 Å². The van der Waals surface area contributed by atoms with Crippen molar-refractivity contribution in [1.29, 1.82) is 0 Å². The Hall–Kier alpha value is -3.86. The molecule has 2 bridgehead atoms. The first-order valence-corrected chi connectivity index (χ1v) is 11.4. The molecule has 0 spiro atoms. The zero-order chi connectivity index (χ0) is 24.9. The molecule has 0 aliphatic carbocycles. The SMILES string of the molecule is COc1cc2cc(c1OC)CN(C)CC(=O)N(C)CCCCNc1ncnc3[nH]c(O)c(c13)C=N2. The number of aliphatic imine (C=N–C) groups is 1. The van der Waals surface area contributed by atoms with Crippen LogP contribution in [0.15, 0.2) is 23.5 Å². The third kappa shape index (κ3) is 5.29. The lowest BCUT2D eigenvalue weighted by Gasteiger charge is -2.23. The highest BCUT2D eigenvalue weighted by Gasteiger charge is 2.19. The van der Waals surface area contributed by atoms with Crippen molar-refractivity contribution in [3.8, 4) is 17.4 Å². The van der Waals surface area contributed by atoms with Crippen molar-refractivity contribution in [3.63, 3.8) is 0 Å². The van der Waals surface area contributed by atoms with Crippen LogP contribution < -0.4 is 14.8 Å². The van der Waals surface area contributed by atoms with E-state index in [-0.39, 0.29) is 18.3 Å². The van der Waals surface area contributed by atoms with Gasteiger partial charge in [-0.3, -0.25) is 14.7 Å². The third-order valence-electron chi connectivity index (χ3n) is 5.98. The van der Waals surface area contributed by atoms with Crippen LogP contribution in [0, 0.1) is 0 Å². The van der Waals surface area contributed by atoms with Crippen molar-refractivity contribution < 1.29 is 19.4 Å². The van der Waals surface area contributed by atoms with Gasteiger partial charge in [-0.15, -0.1) is 0 Å². The summed E-state index contributed by atoms with van der Waals surface area (Å²) in [6.07, 6.45) is 4.71. The van der Waals surface area contributed by atoms with E-state index in [1.165, 1.54) is 6.33 Å². The quantitative estimate of drug-likeness (QED) is 0.509. The van der Waals surface area contributed by atoms with Gasteiger partial charge in [0, 0.05) is 44.5 Å². The van der Waals surface area contributed by atoms with Crippen LogP contribution in [0.2, 0.25) is 0 Å². The monoisotopic (exact) mass is 481 g/mol. The number of fused-ring (bicyclic) bond motifs is 2. The van der Waals surface area contributed by atoms with Gasteiger partial charge in [-0.2, -0.15) is 0 Å². The second-order valence-corrected chi connectivity index (χ2v) is 8.55. The number of nitrogens with one attached hydrogen (secondary N) is 2. The highest BCUT2D eigenvalue weighted by molar-refractivity contribution is 6.06. The van der Waals surface area contributed by atoms with Gasteiger partial charge >= 0.3 is 0 Å². The van der Waals surface area contributed by atoms with Crippen molar-refractivity contribution >= 4 is 34.7 Å². The van der Waals surface area contributed by atoms with Crippen LogP contribution >= 0.6 is 0 Å². The predicted molar refractivity (Wildman–Crippen MR) is 134 cm³/mol. The molecule has 1 aliphatic rings. The largest absolute Gasteiger partial charge is 0.494 e. The van der Waals surface area contributed by atoms with Crippen molar-refractivity contribution in [1.82, 2.24) is 24.8 Å². The number of likely N-dealkylation sites (N-methyl/N-ethyl adjacent to an activating group) is 2. The average Bonchev–Trinajstić information content (AvgIpc) is 3.16. The molecule has 0 unspecified atom stereocenters. The number of H-pyrrole nitrogens is 1. The molecular weight excluding hydrogens is 450 g/mol. The molecule has 1 aliphatic heterocycles. The number of ether oxygens (including phenoxy) is 2. The van der Waals surface area contributed by atoms with E-state index in [9.17, 15) is 9.90 Å². The second kappa shape index (κ2) is 10.6. The first kappa shape index (κ1) is 24.3. The molecule has 35 heavy (non-hydrogen) atoms. The fourth-order valence-electron chi connectivity index (χ4n) is 4.16. The standard InChI is InChI=1S/C24H31N7O4/c1-30-12-15-9-16(10-18(34-3)21(15)35-4)26-11-17-20-22(27-14-28-23(20)29-24(17)33)25-7-5-6-8-31(2)19(32)13-30/h9-11,14,33H,5-8,12-13H2,1-4H3,(H2,25,27,28,29). The van der Waals surface area contributed by atoms with Gasteiger partial charge in [0.2, 0.25) is 5.91 Å². The second-order valence-electron chi connectivity index (χ2n) is 8.55. The number of benzene rings is 1. The number of hydrogen-bond acceptors (Lipinski definition) is 9. The Morgan fingerprint density at radius 2 is 1.91 bits per heavy atom. The molecule has 4 rings (SSSR count). The smallest absolute Gasteiger partial charge is 0.236 e. The third-order valence-corrected chi connectivity index (χ3v) is 5.98. The fourth-order valence-corrected chi connectivity index (χ4v) is 4.16. The molecule has 1 aromatic carbocycles. The molecule has 186 valence electrons. The van der Waals surface area contributed by atoms with Gasteiger partial charge in [0.15, 0.2) is 17.4 Å². The first-order valence-electron chi connectivity index (χ1n) is 11.4. The van der Waals surface area contributed by atoms with E-state index in [4.69, 9.17) is 9.47 Å². The average molecular weight is 482 g/mol. The first-order chi connectivity index (χ1) is 16.9. The minimum absolute atomic E-state index is 0.0396. The number of aromatic hydroxyl groups is 1. The number of carbonyl (C=O) groups excluding carboxylic acids is 1. The molecule has 11 heteroatoms. The number of carbonyl (C=O) groups is 1. The lowest BCUT2D eigenvalue weighted by Crippen LogP contribution is -2.37. The molecule has 0 radical (unpaired) electrons. The van der Waals surface area contributed by atoms with Crippen molar-refractivity contribution in [3.05, 3.63) is 29.6 Å². The normalized spacial score (nSPS) is 16.0. The maximum atomic E-state index is 12.7. The van der Waals surface area contributed by atoms with E-state index >= 15 is 0 Å². The van der Waals surface area contributed by atoms with Crippen molar-refractivity contribution in [2.75, 3.05) is 53.3 Å². The van der Waals surface area contributed by atoms with Crippen LogP contribution in [-0.4, -0.2) is 89.9 Å². The molecule has 3 heterocycles. The van der Waals surface area contributed by atoms with E-state index in [0.717, 1.165) is 18.4 Å². The highest BCUT2D eigenvalue weighted by Crippen LogP contribution is 2.37. The summed E-state index contributed by atoms with van der Waals surface area (Å²) in [5.41, 5.74) is 2.43. The lowest BCUT2D eigenvalue weighted by atomic mass is 10.1. The summed E-state index contributed by atoms with van der Waals surface area (Å²) in [5, 5.41) is 14.5. The predicted octanol–water partition coefficient (Wildman–Crippen LogP) is 2.53. The van der Waals surface area contributed by atoms with Crippen LogP contribution in [0.3, 0.4) is 0 Å². The van der Waals surface area contributed by atoms with Crippen LogP contribution in [0.25, 0.3) is 11.0 Å². The number of aromatic nitrogens is 3. The zero-order valence-corrected chi connectivity index (χ0v) is 20.5. The number of methoxy groups -OCH3 is 2. The number of rotatable bonds is 2. The van der Waals surface area contributed by atoms with E-state index < -0.39 is 0 Å². The van der Waals surface area contributed by atoms with Gasteiger partial charge < -0.3 is 29.8 Å². The Kier molecular flexibility index (Phi) is 7.35. The Morgan fingerprint density at radius 1 is 1.09 bits per heavy atom. The Balaban J connectivity index is 1.80. The van der Waals surface area contributed by atoms with Gasteiger partial charge in [0.1, 0.15) is 17.8 Å². The summed E-state index contributed by atoms with van der Waals surface area (Å²) in [5.74, 6) is 1.72. The lowest BCUT2D eigenvalue weighted by molar-refractivity contribution is -0.131. The Bertz CT molecular complexity index is 1240. The minimum Gasteiger partial charge on any atom is -0.494 e. The van der Waals surface area contributed by atoms with Gasteiger partial charge in [0.05, 0.1) is 37.4 Å². The van der Waals surface area contributed by atoms with Gasteiger partial charge in [-0.05, 0) is 26.0 Å². The van der Waals surface area contributed by atoms with E-state index in [1.54, 1.807) is 31.4 Å². The number of nitrogens with zero attached hydrogens (tertiary/aromatic N) is 5. The molecule has 3 aromatic rings. The summed E-state index contributed by atoms with van der Waals surface area (Å²) >= 11 is 0. The highest BCUT2D eigenvalue weighted by atomic mass is 16.5. The minimum atomic E-state index is -0.0396. The zero-order valence-electron chi connectivity index (χ0n) is 20.5. The summed E-state index contributed by atoms with van der Waals surface area (Å²) in [4.78, 5) is 32.5. The summed E-state index contributed by atoms with van der Waals surface area (Å²) in [6.45, 7) is 2.05. The van der Waals surface area contributed by atoms with Crippen molar-refractivity contribution in [2.45, 2.75) is 19.4 Å². The topological polar surface area (TPSA) is 128 Å². The number of aromatic amines is 1. The Morgan fingerprint density at radius 3 is 2.69 bits per heavy atom. The molecule has 0 atom stereocenters. The number of hydrogen-bond donors (Lipinski definition) is 3.